The molecule has 0 aromatic heterocycles. The van der Waals surface area contributed by atoms with Crippen molar-refractivity contribution < 1.29 is 19.1 Å². The first-order valence-electron chi connectivity index (χ1n) is 6.46. The summed E-state index contributed by atoms with van der Waals surface area (Å²) in [5, 5.41) is 2.65. The maximum absolute atomic E-state index is 12.1. The summed E-state index contributed by atoms with van der Waals surface area (Å²) in [4.78, 5) is 34.0. The van der Waals surface area contributed by atoms with E-state index in [2.05, 4.69) is 10.1 Å². The number of hydrogen-bond acceptors (Lipinski definition) is 4. The monoisotopic (exact) mass is 253 g/mol. The Morgan fingerprint density at radius 2 is 2.17 bits per heavy atom. The summed E-state index contributed by atoms with van der Waals surface area (Å²) in [7, 11) is 1.27. The van der Waals surface area contributed by atoms with Gasteiger partial charge in [-0.2, -0.15) is 0 Å². The highest BCUT2D eigenvalue weighted by molar-refractivity contribution is 5.84. The molecule has 2 fully saturated rings. The number of ether oxygens (including phenoxy) is 1. The molecule has 0 radical (unpaired) electrons. The average molecular weight is 253 g/mol. The summed E-state index contributed by atoms with van der Waals surface area (Å²) in [5.74, 6) is 0.619. The van der Waals surface area contributed by atoms with Crippen molar-refractivity contribution in [2.75, 3.05) is 7.11 Å². The molecule has 2 unspecified atom stereocenters. The molecule has 2 saturated carbocycles. The van der Waals surface area contributed by atoms with Crippen molar-refractivity contribution in [1.29, 1.82) is 0 Å². The van der Waals surface area contributed by atoms with Crippen LogP contribution in [0.15, 0.2) is 0 Å². The van der Waals surface area contributed by atoms with E-state index in [0.717, 1.165) is 19.3 Å². The average Bonchev–Trinajstić information content (AvgIpc) is 2.99. The van der Waals surface area contributed by atoms with Crippen molar-refractivity contribution in [3.05, 3.63) is 0 Å². The van der Waals surface area contributed by atoms with E-state index in [4.69, 9.17) is 0 Å². The van der Waals surface area contributed by atoms with Crippen molar-refractivity contribution in [2.45, 2.75) is 38.1 Å². The van der Waals surface area contributed by atoms with Gasteiger partial charge < -0.3 is 14.8 Å². The zero-order valence-corrected chi connectivity index (χ0v) is 10.6. The standard InChI is InChI=1S/C13H19NO4/c1-18-12(16)6-10(7-15)14-13(17)11-5-8-2-3-9(11)4-8/h7-11H,2-6H2,1H3,(H,14,17)/t8-,9+,10?,11?/m0/s1. The van der Waals surface area contributed by atoms with Crippen LogP contribution in [-0.4, -0.2) is 31.3 Å². The molecule has 1 amide bonds. The summed E-state index contributed by atoms with van der Waals surface area (Å²) in [6, 6.07) is -0.760. The smallest absolute Gasteiger partial charge is 0.308 e. The Kier molecular flexibility index (Phi) is 3.99. The van der Waals surface area contributed by atoms with Gasteiger partial charge in [-0.15, -0.1) is 0 Å². The summed E-state index contributed by atoms with van der Waals surface area (Å²) < 4.78 is 4.49. The van der Waals surface area contributed by atoms with Crippen molar-refractivity contribution in [3.8, 4) is 0 Å². The Hall–Kier alpha value is -1.39. The van der Waals surface area contributed by atoms with Gasteiger partial charge in [0.05, 0.1) is 19.6 Å². The second-order valence-electron chi connectivity index (χ2n) is 5.31. The minimum Gasteiger partial charge on any atom is -0.469 e. The molecule has 0 spiro atoms. The van der Waals surface area contributed by atoms with Crippen molar-refractivity contribution in [2.24, 2.45) is 17.8 Å². The fourth-order valence-electron chi connectivity index (χ4n) is 3.25. The van der Waals surface area contributed by atoms with Crippen LogP contribution < -0.4 is 5.32 Å². The molecule has 0 aliphatic heterocycles. The van der Waals surface area contributed by atoms with Crippen LogP contribution >= 0.6 is 0 Å². The first-order chi connectivity index (χ1) is 8.63. The lowest BCUT2D eigenvalue weighted by Crippen LogP contribution is -2.42. The quantitative estimate of drug-likeness (QED) is 0.577. The lowest BCUT2D eigenvalue weighted by molar-refractivity contribution is -0.142. The maximum atomic E-state index is 12.1. The summed E-state index contributed by atoms with van der Waals surface area (Å²) in [6.07, 6.45) is 4.93. The number of carbonyl (C=O) groups is 3. The van der Waals surface area contributed by atoms with Crippen molar-refractivity contribution in [3.63, 3.8) is 0 Å². The normalized spacial score (nSPS) is 30.8. The van der Waals surface area contributed by atoms with E-state index in [9.17, 15) is 14.4 Å². The Balaban J connectivity index is 1.86. The van der Waals surface area contributed by atoms with Gasteiger partial charge >= 0.3 is 5.97 Å². The van der Waals surface area contributed by atoms with E-state index in [1.54, 1.807) is 0 Å². The molecule has 18 heavy (non-hydrogen) atoms. The minimum atomic E-state index is -0.760. The molecular weight excluding hydrogens is 234 g/mol. The fourth-order valence-corrected chi connectivity index (χ4v) is 3.25. The summed E-state index contributed by atoms with van der Waals surface area (Å²) in [5.41, 5.74) is 0. The summed E-state index contributed by atoms with van der Waals surface area (Å²) >= 11 is 0. The molecule has 2 aliphatic rings. The van der Waals surface area contributed by atoms with E-state index in [1.807, 2.05) is 0 Å². The first-order valence-corrected chi connectivity index (χ1v) is 6.46. The fraction of sp³-hybridized carbons (Fsp3) is 0.769. The highest BCUT2D eigenvalue weighted by Gasteiger charge is 2.43. The van der Waals surface area contributed by atoms with Gasteiger partial charge in [-0.3, -0.25) is 9.59 Å². The number of fused-ring (bicyclic) bond motifs is 2. The van der Waals surface area contributed by atoms with E-state index in [-0.39, 0.29) is 18.2 Å². The van der Waals surface area contributed by atoms with Crippen LogP contribution in [0.1, 0.15) is 32.1 Å². The highest BCUT2D eigenvalue weighted by atomic mass is 16.5. The highest BCUT2D eigenvalue weighted by Crippen LogP contribution is 2.48. The topological polar surface area (TPSA) is 72.5 Å². The molecule has 0 aromatic carbocycles. The number of nitrogens with one attached hydrogen (secondary N) is 1. The molecule has 100 valence electrons. The van der Waals surface area contributed by atoms with Gasteiger partial charge in [0.25, 0.3) is 0 Å². The lowest BCUT2D eigenvalue weighted by atomic mass is 9.88. The van der Waals surface area contributed by atoms with Crippen LogP contribution in [0.4, 0.5) is 0 Å². The van der Waals surface area contributed by atoms with E-state index in [0.29, 0.717) is 18.1 Å². The number of carbonyl (C=O) groups excluding carboxylic acids is 3. The molecule has 2 rings (SSSR count). The molecular formula is C13H19NO4. The van der Waals surface area contributed by atoms with Crippen molar-refractivity contribution in [1.82, 2.24) is 5.32 Å². The Labute approximate surface area is 106 Å². The lowest BCUT2D eigenvalue weighted by Gasteiger charge is -2.22. The predicted octanol–water partition coefficient (Wildman–Crippen LogP) is 0.669. The van der Waals surface area contributed by atoms with Crippen LogP contribution in [0.25, 0.3) is 0 Å². The first kappa shape index (κ1) is 13.1. The minimum absolute atomic E-state index is 0.0313. The van der Waals surface area contributed by atoms with E-state index < -0.39 is 12.0 Å². The Morgan fingerprint density at radius 1 is 1.39 bits per heavy atom. The number of rotatable bonds is 5. The van der Waals surface area contributed by atoms with Gasteiger partial charge in [0, 0.05) is 5.92 Å². The molecule has 0 saturated heterocycles. The van der Waals surface area contributed by atoms with Crippen LogP contribution in [0.2, 0.25) is 0 Å². The van der Waals surface area contributed by atoms with Crippen LogP contribution in [0, 0.1) is 17.8 Å². The zero-order chi connectivity index (χ0) is 13.1. The van der Waals surface area contributed by atoms with Gasteiger partial charge in [-0.1, -0.05) is 6.42 Å². The summed E-state index contributed by atoms with van der Waals surface area (Å²) in [6.45, 7) is 0. The molecule has 0 heterocycles. The Morgan fingerprint density at radius 3 is 2.67 bits per heavy atom. The molecule has 0 aromatic rings. The number of aldehydes is 1. The van der Waals surface area contributed by atoms with Gasteiger partial charge in [0.1, 0.15) is 6.29 Å². The molecule has 2 bridgehead atoms. The predicted molar refractivity (Wildman–Crippen MR) is 63.6 cm³/mol. The van der Waals surface area contributed by atoms with Crippen LogP contribution in [0.5, 0.6) is 0 Å². The molecule has 5 nitrogen and oxygen atoms in total. The van der Waals surface area contributed by atoms with Crippen molar-refractivity contribution >= 4 is 18.2 Å². The third kappa shape index (κ3) is 2.71. The molecule has 1 N–H and O–H groups in total. The van der Waals surface area contributed by atoms with Gasteiger partial charge in [-0.25, -0.2) is 0 Å². The van der Waals surface area contributed by atoms with Gasteiger partial charge in [0.15, 0.2) is 0 Å². The molecule has 4 atom stereocenters. The number of hydrogen-bond donors (Lipinski definition) is 1. The third-order valence-corrected chi connectivity index (χ3v) is 4.18. The third-order valence-electron chi connectivity index (χ3n) is 4.18. The van der Waals surface area contributed by atoms with Crippen LogP contribution in [0.3, 0.4) is 0 Å². The number of amides is 1. The van der Waals surface area contributed by atoms with E-state index >= 15 is 0 Å². The number of methoxy groups -OCH3 is 1. The Bertz CT molecular complexity index is 355. The van der Waals surface area contributed by atoms with Gasteiger partial charge in [-0.05, 0) is 31.1 Å². The zero-order valence-electron chi connectivity index (χ0n) is 10.6. The molecule has 5 heteroatoms. The maximum Gasteiger partial charge on any atom is 0.308 e. The van der Waals surface area contributed by atoms with Crippen LogP contribution in [-0.2, 0) is 19.1 Å². The second kappa shape index (κ2) is 5.50. The largest absolute Gasteiger partial charge is 0.469 e. The SMILES string of the molecule is COC(=O)CC(C=O)NC(=O)C1C[C@H]2CC[C@@H]1C2. The second-order valence-corrected chi connectivity index (χ2v) is 5.31. The molecule has 2 aliphatic carbocycles. The van der Waals surface area contributed by atoms with E-state index in [1.165, 1.54) is 13.5 Å². The number of esters is 1. The van der Waals surface area contributed by atoms with Gasteiger partial charge in [0.2, 0.25) is 5.91 Å².